The maximum absolute atomic E-state index is 4.19. The Morgan fingerprint density at radius 2 is 2.33 bits per heavy atom. The summed E-state index contributed by atoms with van der Waals surface area (Å²) in [5, 5.41) is 7.54. The summed E-state index contributed by atoms with van der Waals surface area (Å²) in [6.45, 7) is 8.24. The molecule has 0 radical (unpaired) electrons. The number of aromatic nitrogens is 2. The number of hydrogen-bond donors (Lipinski definition) is 1. The van der Waals surface area contributed by atoms with Crippen molar-refractivity contribution in [3.8, 4) is 0 Å². The van der Waals surface area contributed by atoms with E-state index in [0.717, 1.165) is 13.1 Å². The highest BCUT2D eigenvalue weighted by Crippen LogP contribution is 1.97. The lowest BCUT2D eigenvalue weighted by molar-refractivity contribution is 0.587. The first-order chi connectivity index (χ1) is 5.72. The van der Waals surface area contributed by atoms with Gasteiger partial charge in [-0.2, -0.15) is 5.10 Å². The monoisotopic (exact) mass is 167 g/mol. The Morgan fingerprint density at radius 3 is 2.83 bits per heavy atom. The van der Waals surface area contributed by atoms with Gasteiger partial charge >= 0.3 is 0 Å². The Kier molecular flexibility index (Phi) is 3.29. The average Bonchev–Trinajstić information content (AvgIpc) is 2.48. The summed E-state index contributed by atoms with van der Waals surface area (Å²) in [6, 6.07) is 0.537. The molecule has 0 aromatic carbocycles. The van der Waals surface area contributed by atoms with E-state index in [0.29, 0.717) is 6.04 Å². The van der Waals surface area contributed by atoms with Crippen molar-refractivity contribution in [2.75, 3.05) is 0 Å². The Labute approximate surface area is 73.8 Å². The van der Waals surface area contributed by atoms with Gasteiger partial charge in [0.1, 0.15) is 0 Å². The number of hydrogen-bond acceptors (Lipinski definition) is 2. The lowest BCUT2D eigenvalue weighted by Gasteiger charge is -2.04. The lowest BCUT2D eigenvalue weighted by Crippen LogP contribution is -2.21. The van der Waals surface area contributed by atoms with Crippen LogP contribution in [-0.2, 0) is 13.1 Å². The first-order valence-corrected chi connectivity index (χ1v) is 4.47. The van der Waals surface area contributed by atoms with Gasteiger partial charge in [0.05, 0.1) is 6.20 Å². The molecule has 0 saturated carbocycles. The Morgan fingerprint density at radius 1 is 1.58 bits per heavy atom. The maximum Gasteiger partial charge on any atom is 0.0534 e. The molecule has 0 unspecified atom stereocenters. The maximum atomic E-state index is 4.19. The quantitative estimate of drug-likeness (QED) is 0.734. The van der Waals surface area contributed by atoms with E-state index in [9.17, 15) is 0 Å². The molecule has 0 amide bonds. The summed E-state index contributed by atoms with van der Waals surface area (Å²) in [4.78, 5) is 0. The van der Waals surface area contributed by atoms with Crippen molar-refractivity contribution in [2.45, 2.75) is 39.9 Å². The van der Waals surface area contributed by atoms with Crippen LogP contribution in [0.3, 0.4) is 0 Å². The minimum absolute atomic E-state index is 0.537. The SMILES string of the molecule is CCn1cc(CNC(C)C)cn1. The van der Waals surface area contributed by atoms with Gasteiger partial charge in [-0.25, -0.2) is 0 Å². The molecule has 1 rings (SSSR count). The van der Waals surface area contributed by atoms with Crippen molar-refractivity contribution in [2.24, 2.45) is 0 Å². The molecule has 0 atom stereocenters. The van der Waals surface area contributed by atoms with Gasteiger partial charge in [0, 0.05) is 30.9 Å². The minimum Gasteiger partial charge on any atom is -0.310 e. The minimum atomic E-state index is 0.537. The number of nitrogens with zero attached hydrogens (tertiary/aromatic N) is 2. The Balaban J connectivity index is 2.41. The van der Waals surface area contributed by atoms with Crippen molar-refractivity contribution < 1.29 is 0 Å². The summed E-state index contributed by atoms with van der Waals surface area (Å²) in [5.41, 5.74) is 1.26. The Hall–Kier alpha value is -0.830. The van der Waals surface area contributed by atoms with Gasteiger partial charge in [0.25, 0.3) is 0 Å². The summed E-state index contributed by atoms with van der Waals surface area (Å²) in [5.74, 6) is 0. The van der Waals surface area contributed by atoms with Gasteiger partial charge in [-0.3, -0.25) is 4.68 Å². The molecule has 3 heteroatoms. The number of nitrogens with one attached hydrogen (secondary N) is 1. The summed E-state index contributed by atoms with van der Waals surface area (Å²) in [7, 11) is 0. The third kappa shape index (κ3) is 2.66. The fourth-order valence-electron chi connectivity index (χ4n) is 0.993. The predicted molar refractivity (Wildman–Crippen MR) is 49.9 cm³/mol. The molecule has 0 aliphatic rings. The molecule has 0 aliphatic heterocycles. The second kappa shape index (κ2) is 4.26. The molecule has 0 bridgehead atoms. The first-order valence-electron chi connectivity index (χ1n) is 4.47. The molecule has 1 N–H and O–H groups in total. The highest BCUT2D eigenvalue weighted by molar-refractivity contribution is 5.03. The summed E-state index contributed by atoms with van der Waals surface area (Å²) >= 11 is 0. The fourth-order valence-corrected chi connectivity index (χ4v) is 0.993. The van der Waals surface area contributed by atoms with Crippen molar-refractivity contribution in [1.29, 1.82) is 0 Å². The second-order valence-corrected chi connectivity index (χ2v) is 3.24. The molecule has 68 valence electrons. The van der Waals surface area contributed by atoms with Gasteiger partial charge in [0.2, 0.25) is 0 Å². The molecule has 12 heavy (non-hydrogen) atoms. The third-order valence-electron chi connectivity index (χ3n) is 1.73. The molecule has 1 heterocycles. The molecule has 0 fully saturated rings. The van der Waals surface area contributed by atoms with Crippen LogP contribution in [0.5, 0.6) is 0 Å². The summed E-state index contributed by atoms with van der Waals surface area (Å²) in [6.07, 6.45) is 3.99. The Bertz CT molecular complexity index is 227. The van der Waals surface area contributed by atoms with Crippen LogP contribution in [0.2, 0.25) is 0 Å². The van der Waals surface area contributed by atoms with Crippen LogP contribution in [0.1, 0.15) is 26.3 Å². The van der Waals surface area contributed by atoms with E-state index in [-0.39, 0.29) is 0 Å². The van der Waals surface area contributed by atoms with Crippen LogP contribution in [0.4, 0.5) is 0 Å². The van der Waals surface area contributed by atoms with Crippen molar-refractivity contribution in [1.82, 2.24) is 15.1 Å². The second-order valence-electron chi connectivity index (χ2n) is 3.24. The number of aryl methyl sites for hydroxylation is 1. The van der Waals surface area contributed by atoms with E-state index in [1.807, 2.05) is 10.9 Å². The molecular weight excluding hydrogens is 150 g/mol. The van der Waals surface area contributed by atoms with Crippen molar-refractivity contribution in [3.05, 3.63) is 18.0 Å². The molecule has 0 aliphatic carbocycles. The van der Waals surface area contributed by atoms with Gasteiger partial charge < -0.3 is 5.32 Å². The molecule has 1 aromatic rings. The lowest BCUT2D eigenvalue weighted by atomic mass is 10.3. The third-order valence-corrected chi connectivity index (χ3v) is 1.73. The molecule has 1 aromatic heterocycles. The highest BCUT2D eigenvalue weighted by Gasteiger charge is 1.97. The zero-order chi connectivity index (χ0) is 8.97. The van der Waals surface area contributed by atoms with Crippen LogP contribution in [0.25, 0.3) is 0 Å². The number of rotatable bonds is 4. The molecular formula is C9H17N3. The zero-order valence-electron chi connectivity index (χ0n) is 8.04. The fraction of sp³-hybridized carbons (Fsp3) is 0.667. The van der Waals surface area contributed by atoms with E-state index in [1.165, 1.54) is 5.56 Å². The van der Waals surface area contributed by atoms with Crippen LogP contribution in [-0.4, -0.2) is 15.8 Å². The molecule has 3 nitrogen and oxygen atoms in total. The molecule has 0 spiro atoms. The van der Waals surface area contributed by atoms with E-state index < -0.39 is 0 Å². The highest BCUT2D eigenvalue weighted by atomic mass is 15.3. The van der Waals surface area contributed by atoms with E-state index >= 15 is 0 Å². The van der Waals surface area contributed by atoms with Crippen LogP contribution in [0, 0.1) is 0 Å². The van der Waals surface area contributed by atoms with Gasteiger partial charge in [-0.15, -0.1) is 0 Å². The van der Waals surface area contributed by atoms with Crippen LogP contribution < -0.4 is 5.32 Å². The topological polar surface area (TPSA) is 29.9 Å². The van der Waals surface area contributed by atoms with E-state index in [1.54, 1.807) is 0 Å². The standard InChI is InChI=1S/C9H17N3/c1-4-12-7-9(6-11-12)5-10-8(2)3/h6-8,10H,4-5H2,1-3H3. The van der Waals surface area contributed by atoms with Crippen LogP contribution >= 0.6 is 0 Å². The van der Waals surface area contributed by atoms with Crippen molar-refractivity contribution >= 4 is 0 Å². The van der Waals surface area contributed by atoms with Crippen molar-refractivity contribution in [3.63, 3.8) is 0 Å². The average molecular weight is 167 g/mol. The molecule has 0 saturated heterocycles. The van der Waals surface area contributed by atoms with Gasteiger partial charge in [-0.1, -0.05) is 13.8 Å². The van der Waals surface area contributed by atoms with E-state index in [2.05, 4.69) is 37.4 Å². The normalized spacial score (nSPS) is 11.0. The summed E-state index contributed by atoms with van der Waals surface area (Å²) < 4.78 is 1.94. The van der Waals surface area contributed by atoms with Gasteiger partial charge in [-0.05, 0) is 6.92 Å². The first kappa shape index (κ1) is 9.26. The van der Waals surface area contributed by atoms with Gasteiger partial charge in [0.15, 0.2) is 0 Å². The predicted octanol–water partition coefficient (Wildman–Crippen LogP) is 1.40. The zero-order valence-corrected chi connectivity index (χ0v) is 8.04. The van der Waals surface area contributed by atoms with Crippen LogP contribution in [0.15, 0.2) is 12.4 Å². The van der Waals surface area contributed by atoms with E-state index in [4.69, 9.17) is 0 Å². The smallest absolute Gasteiger partial charge is 0.0534 e. The largest absolute Gasteiger partial charge is 0.310 e.